The highest BCUT2D eigenvalue weighted by molar-refractivity contribution is 5.92. The van der Waals surface area contributed by atoms with Crippen molar-refractivity contribution in [1.82, 2.24) is 16.0 Å². The van der Waals surface area contributed by atoms with Gasteiger partial charge >= 0.3 is 12.0 Å². The number of hydrogen-bond acceptors (Lipinski definition) is 4. The highest BCUT2D eigenvalue weighted by Gasteiger charge is 2.18. The maximum absolute atomic E-state index is 12.9. The predicted octanol–water partition coefficient (Wildman–Crippen LogP) is 2.90. The number of esters is 1. The summed E-state index contributed by atoms with van der Waals surface area (Å²) in [4.78, 5) is 36.0. The van der Waals surface area contributed by atoms with Gasteiger partial charge < -0.3 is 20.7 Å². The molecule has 160 valence electrons. The van der Waals surface area contributed by atoms with Gasteiger partial charge in [0.25, 0.3) is 5.91 Å². The molecule has 0 aromatic heterocycles. The summed E-state index contributed by atoms with van der Waals surface area (Å²) in [6, 6.07) is 12.1. The minimum Gasteiger partial charge on any atom is -0.449 e. The Morgan fingerprint density at radius 1 is 0.867 bits per heavy atom. The number of benzene rings is 2. The van der Waals surface area contributed by atoms with Gasteiger partial charge in [-0.3, -0.25) is 4.79 Å². The molecule has 0 bridgehead atoms. The Morgan fingerprint density at radius 3 is 1.97 bits per heavy atom. The van der Waals surface area contributed by atoms with Crippen LogP contribution in [0, 0.1) is 5.82 Å². The van der Waals surface area contributed by atoms with E-state index in [0.29, 0.717) is 12.1 Å². The lowest BCUT2D eigenvalue weighted by Crippen LogP contribution is -2.39. The molecule has 30 heavy (non-hydrogen) atoms. The van der Waals surface area contributed by atoms with Crippen molar-refractivity contribution in [3.8, 4) is 0 Å². The van der Waals surface area contributed by atoms with Crippen molar-refractivity contribution in [3.63, 3.8) is 0 Å². The molecule has 7 nitrogen and oxygen atoms in total. The number of ether oxygens (including phenoxy) is 1. The Balaban J connectivity index is 1.80. The predicted molar refractivity (Wildman–Crippen MR) is 110 cm³/mol. The molecular weight excluding hydrogens is 389 g/mol. The van der Waals surface area contributed by atoms with Gasteiger partial charge in [-0.2, -0.15) is 0 Å². The molecule has 2 rings (SSSR count). The molecule has 8 heteroatoms. The molecule has 0 spiro atoms. The largest absolute Gasteiger partial charge is 0.449 e. The first-order valence-electron chi connectivity index (χ1n) is 9.61. The molecule has 0 saturated carbocycles. The van der Waals surface area contributed by atoms with Gasteiger partial charge in [-0.05, 0) is 56.2 Å². The van der Waals surface area contributed by atoms with Crippen LogP contribution in [0.4, 0.5) is 9.18 Å². The Morgan fingerprint density at radius 2 is 1.40 bits per heavy atom. The first-order chi connectivity index (χ1) is 14.2. The van der Waals surface area contributed by atoms with Crippen molar-refractivity contribution in [3.05, 3.63) is 71.0 Å². The van der Waals surface area contributed by atoms with E-state index in [1.807, 2.05) is 13.8 Å². The molecule has 1 atom stereocenters. The van der Waals surface area contributed by atoms with Crippen molar-refractivity contribution in [2.24, 2.45) is 0 Å². The summed E-state index contributed by atoms with van der Waals surface area (Å²) in [5.41, 5.74) is 1.84. The maximum atomic E-state index is 12.9. The summed E-state index contributed by atoms with van der Waals surface area (Å²) in [6.45, 7) is 5.72. The van der Waals surface area contributed by atoms with Crippen LogP contribution >= 0.6 is 0 Å². The van der Waals surface area contributed by atoms with E-state index in [1.54, 1.807) is 36.4 Å². The molecule has 0 saturated heterocycles. The lowest BCUT2D eigenvalue weighted by Gasteiger charge is -2.14. The van der Waals surface area contributed by atoms with E-state index in [4.69, 9.17) is 4.74 Å². The number of halogens is 1. The third-order valence-corrected chi connectivity index (χ3v) is 4.10. The van der Waals surface area contributed by atoms with Gasteiger partial charge in [0.1, 0.15) is 5.82 Å². The van der Waals surface area contributed by atoms with E-state index in [2.05, 4.69) is 16.0 Å². The number of carbonyl (C=O) groups is 3. The first kappa shape index (κ1) is 22.9. The summed E-state index contributed by atoms with van der Waals surface area (Å²) >= 11 is 0. The average molecular weight is 415 g/mol. The zero-order valence-corrected chi connectivity index (χ0v) is 17.2. The van der Waals surface area contributed by atoms with Crippen LogP contribution in [0.2, 0.25) is 0 Å². The summed E-state index contributed by atoms with van der Waals surface area (Å²) < 4.78 is 18.1. The molecule has 0 heterocycles. The lowest BCUT2D eigenvalue weighted by molar-refractivity contribution is -0.129. The van der Waals surface area contributed by atoms with Gasteiger partial charge in [0, 0.05) is 19.1 Å². The van der Waals surface area contributed by atoms with Gasteiger partial charge in [0.05, 0.1) is 5.56 Å². The smallest absolute Gasteiger partial charge is 0.338 e. The van der Waals surface area contributed by atoms with E-state index < -0.39 is 18.0 Å². The number of hydrogen-bond donors (Lipinski definition) is 3. The Kier molecular flexibility index (Phi) is 8.34. The number of rotatable bonds is 8. The Bertz CT molecular complexity index is 867. The van der Waals surface area contributed by atoms with Crippen molar-refractivity contribution in [2.45, 2.75) is 46.0 Å². The fourth-order valence-corrected chi connectivity index (χ4v) is 2.47. The van der Waals surface area contributed by atoms with Gasteiger partial charge in [-0.15, -0.1) is 0 Å². The molecule has 2 aromatic carbocycles. The highest BCUT2D eigenvalue weighted by atomic mass is 19.1. The van der Waals surface area contributed by atoms with Crippen LogP contribution < -0.4 is 16.0 Å². The third-order valence-electron chi connectivity index (χ3n) is 4.10. The summed E-state index contributed by atoms with van der Waals surface area (Å²) in [7, 11) is 0. The van der Waals surface area contributed by atoms with Gasteiger partial charge in [0.15, 0.2) is 6.10 Å². The topological polar surface area (TPSA) is 96.5 Å². The van der Waals surface area contributed by atoms with Crippen molar-refractivity contribution >= 4 is 17.9 Å². The van der Waals surface area contributed by atoms with E-state index in [9.17, 15) is 18.8 Å². The van der Waals surface area contributed by atoms with Crippen LogP contribution in [0.25, 0.3) is 0 Å². The monoisotopic (exact) mass is 415 g/mol. The third kappa shape index (κ3) is 7.54. The van der Waals surface area contributed by atoms with Crippen LogP contribution in [0.5, 0.6) is 0 Å². The van der Waals surface area contributed by atoms with Crippen LogP contribution in [0.3, 0.4) is 0 Å². The van der Waals surface area contributed by atoms with Gasteiger partial charge in [-0.1, -0.05) is 24.3 Å². The molecular formula is C22H26FN3O4. The van der Waals surface area contributed by atoms with Crippen LogP contribution in [0.1, 0.15) is 42.3 Å². The fourth-order valence-electron chi connectivity index (χ4n) is 2.47. The zero-order valence-electron chi connectivity index (χ0n) is 17.2. The molecule has 0 aliphatic carbocycles. The minimum atomic E-state index is -0.987. The van der Waals surface area contributed by atoms with E-state index in [-0.39, 0.29) is 24.4 Å². The second-order valence-corrected chi connectivity index (χ2v) is 7.07. The normalized spacial score (nSPS) is 11.5. The van der Waals surface area contributed by atoms with E-state index in [0.717, 1.165) is 11.1 Å². The standard InChI is InChI=1S/C22H26FN3O4/c1-14(2)26-22(29)25-13-16-4-8-18(9-5-16)21(28)30-15(3)20(27)24-12-17-6-10-19(23)11-7-17/h4-11,14-15H,12-13H2,1-3H3,(H,24,27)(H2,25,26,29)/t15-/m0/s1. The zero-order chi connectivity index (χ0) is 22.1. The second-order valence-electron chi connectivity index (χ2n) is 7.07. The summed E-state index contributed by atoms with van der Waals surface area (Å²) in [6.07, 6.45) is -0.987. The van der Waals surface area contributed by atoms with Crippen molar-refractivity contribution < 1.29 is 23.5 Å². The fraction of sp³-hybridized carbons (Fsp3) is 0.318. The average Bonchev–Trinajstić information content (AvgIpc) is 2.71. The summed E-state index contributed by atoms with van der Waals surface area (Å²) in [5.74, 6) is -1.44. The number of carbonyl (C=O) groups excluding carboxylic acids is 3. The summed E-state index contributed by atoms with van der Waals surface area (Å²) in [5, 5.41) is 8.08. The molecule has 0 radical (unpaired) electrons. The van der Waals surface area contributed by atoms with E-state index in [1.165, 1.54) is 19.1 Å². The van der Waals surface area contributed by atoms with E-state index >= 15 is 0 Å². The molecule has 0 fully saturated rings. The Hall–Kier alpha value is -3.42. The minimum absolute atomic E-state index is 0.0389. The Labute approximate surface area is 175 Å². The number of nitrogens with one attached hydrogen (secondary N) is 3. The molecule has 0 aliphatic heterocycles. The molecule has 2 aromatic rings. The van der Waals surface area contributed by atoms with Crippen molar-refractivity contribution in [2.75, 3.05) is 0 Å². The molecule has 0 aliphatic rings. The SMILES string of the molecule is CC(C)NC(=O)NCc1ccc(C(=O)O[C@@H](C)C(=O)NCc2ccc(F)cc2)cc1. The number of amides is 3. The maximum Gasteiger partial charge on any atom is 0.338 e. The second kappa shape index (κ2) is 10.9. The highest BCUT2D eigenvalue weighted by Crippen LogP contribution is 2.08. The van der Waals surface area contributed by atoms with Crippen LogP contribution in [-0.2, 0) is 22.6 Å². The quantitative estimate of drug-likeness (QED) is 0.578. The van der Waals surface area contributed by atoms with Crippen molar-refractivity contribution in [1.29, 1.82) is 0 Å². The first-order valence-corrected chi connectivity index (χ1v) is 9.61. The lowest BCUT2D eigenvalue weighted by atomic mass is 10.1. The van der Waals surface area contributed by atoms with Crippen LogP contribution in [0.15, 0.2) is 48.5 Å². The van der Waals surface area contributed by atoms with Crippen LogP contribution in [-0.4, -0.2) is 30.1 Å². The molecule has 3 amide bonds. The molecule has 3 N–H and O–H groups in total. The van der Waals surface area contributed by atoms with Gasteiger partial charge in [-0.25, -0.2) is 14.0 Å². The molecule has 0 unspecified atom stereocenters. The number of urea groups is 1. The van der Waals surface area contributed by atoms with Gasteiger partial charge in [0.2, 0.25) is 0 Å².